The van der Waals surface area contributed by atoms with Crippen molar-refractivity contribution in [3.63, 3.8) is 0 Å². The summed E-state index contributed by atoms with van der Waals surface area (Å²) in [7, 11) is 1.16. The molecule has 1 atom stereocenters. The average Bonchev–Trinajstić information content (AvgIpc) is 2.35. The molecule has 0 N–H and O–H groups in total. The number of esters is 1. The van der Waals surface area contributed by atoms with Gasteiger partial charge in [0, 0.05) is 5.30 Å². The topological polar surface area (TPSA) is 26.3 Å². The van der Waals surface area contributed by atoms with Gasteiger partial charge in [-0.2, -0.15) is 0 Å². The van der Waals surface area contributed by atoms with Crippen molar-refractivity contribution < 1.29 is 9.53 Å². The van der Waals surface area contributed by atoms with Gasteiger partial charge in [-0.05, 0) is 0 Å². The second kappa shape index (κ2) is 6.58. The summed E-state index contributed by atoms with van der Waals surface area (Å²) in [5.41, 5.74) is 0. The second-order valence-electron chi connectivity index (χ2n) is 4.15. The van der Waals surface area contributed by atoms with E-state index < -0.39 is 13.1 Å². The maximum absolute atomic E-state index is 11.8. The Morgan fingerprint density at radius 2 is 1.89 bits per heavy atom. The fourth-order valence-corrected chi connectivity index (χ4v) is 16.4. The zero-order valence-electron chi connectivity index (χ0n) is 11.2. The molecule has 0 saturated carbocycles. The highest BCUT2D eigenvalue weighted by atomic mass is 32.3. The molecule has 0 aromatic heterocycles. The molecule has 0 aliphatic rings. The van der Waals surface area contributed by atoms with Gasteiger partial charge in [-0.15, -0.1) is 0 Å². The summed E-state index contributed by atoms with van der Waals surface area (Å²) >= 11 is 0. The van der Waals surface area contributed by atoms with E-state index in [-0.39, 0.29) is 13.2 Å². The van der Waals surface area contributed by atoms with Crippen molar-refractivity contribution in [2.45, 2.75) is 0 Å². The molecule has 0 fully saturated rings. The van der Waals surface area contributed by atoms with Crippen molar-refractivity contribution in [3.8, 4) is 0 Å². The SMILES string of the molecule is C=P(=C)P(CC(=O)OC)(c1ccccc1)=[P+](C)C. The summed E-state index contributed by atoms with van der Waals surface area (Å²) in [6.07, 6.45) is 7.26. The molecule has 0 spiro atoms. The summed E-state index contributed by atoms with van der Waals surface area (Å²) in [6.45, 7) is 3.79. The van der Waals surface area contributed by atoms with Crippen LogP contribution >= 0.6 is 20.3 Å². The minimum atomic E-state index is -1.63. The molecule has 2 nitrogen and oxygen atoms in total. The number of carbonyl (C=O) groups is 1. The summed E-state index contributed by atoms with van der Waals surface area (Å²) in [6, 6.07) is 10.3. The van der Waals surface area contributed by atoms with Gasteiger partial charge in [0.2, 0.25) is 0 Å². The monoisotopic (exact) mass is 301 g/mol. The van der Waals surface area contributed by atoms with Gasteiger partial charge in [0.1, 0.15) is 12.4 Å². The van der Waals surface area contributed by atoms with E-state index in [1.54, 1.807) is 0 Å². The Hall–Kier alpha value is -0.540. The van der Waals surface area contributed by atoms with Crippen molar-refractivity contribution in [3.05, 3.63) is 30.3 Å². The van der Waals surface area contributed by atoms with Crippen molar-refractivity contribution in [1.82, 2.24) is 0 Å². The van der Waals surface area contributed by atoms with E-state index >= 15 is 0 Å². The van der Waals surface area contributed by atoms with Crippen LogP contribution in [0.2, 0.25) is 0 Å². The summed E-state index contributed by atoms with van der Waals surface area (Å²) in [4.78, 5) is 11.8. The normalized spacial score (nSPS) is 13.5. The molecule has 1 aromatic rings. The lowest BCUT2D eigenvalue weighted by molar-refractivity contribution is -0.137. The lowest BCUT2D eigenvalue weighted by Crippen LogP contribution is -2.12. The molecule has 98 valence electrons. The lowest BCUT2D eigenvalue weighted by atomic mass is 10.4. The Bertz CT molecular complexity index is 545. The molecule has 0 amide bonds. The predicted octanol–water partition coefficient (Wildman–Crippen LogP) is 3.42. The zero-order valence-corrected chi connectivity index (χ0v) is 13.8. The Kier molecular flexibility index (Phi) is 5.67. The standard InChI is InChI=1S/C13H20O2P3/c1-15-13(14)11-18(16(2)3,17(4)5)12-9-7-6-8-10-12/h6-10H,2-3,11H2,1,4-5H3/q+1. The molecular formula is C13H20O2P3+. The van der Waals surface area contributed by atoms with Gasteiger partial charge in [-0.25, -0.2) is 0 Å². The van der Waals surface area contributed by atoms with Crippen LogP contribution in [-0.2, 0) is 9.53 Å². The first-order valence-corrected chi connectivity index (χ1v) is 12.9. The van der Waals surface area contributed by atoms with Crippen molar-refractivity contribution in [2.75, 3.05) is 26.6 Å². The third-order valence-corrected chi connectivity index (χ3v) is 21.5. The van der Waals surface area contributed by atoms with E-state index in [1.165, 1.54) is 12.4 Å². The van der Waals surface area contributed by atoms with Crippen LogP contribution in [0.1, 0.15) is 0 Å². The quantitative estimate of drug-likeness (QED) is 0.629. The molecule has 5 heteroatoms. The van der Waals surface area contributed by atoms with Crippen LogP contribution in [0, 0.1) is 0 Å². The zero-order chi connectivity index (χ0) is 13.8. The molecule has 0 aliphatic carbocycles. The third-order valence-electron chi connectivity index (χ3n) is 2.88. The predicted molar refractivity (Wildman–Crippen MR) is 89.8 cm³/mol. The van der Waals surface area contributed by atoms with Gasteiger partial charge in [0.15, 0.2) is 0 Å². The van der Waals surface area contributed by atoms with Gasteiger partial charge in [-0.3, -0.25) is 4.79 Å². The number of hydrogen-bond donors (Lipinski definition) is 0. The van der Waals surface area contributed by atoms with Gasteiger partial charge in [0.05, 0.1) is 27.6 Å². The minimum absolute atomic E-state index is 0.136. The fourth-order valence-electron chi connectivity index (χ4n) is 1.89. The molecule has 1 aromatic carbocycles. The van der Waals surface area contributed by atoms with E-state index in [2.05, 4.69) is 38.1 Å². The molecule has 1 rings (SSSR count). The number of hydrogen-bond acceptors (Lipinski definition) is 2. The van der Waals surface area contributed by atoms with Crippen LogP contribution in [0.4, 0.5) is 0 Å². The van der Waals surface area contributed by atoms with Crippen LogP contribution in [0.25, 0.3) is 0 Å². The van der Waals surface area contributed by atoms with Crippen LogP contribution < -0.4 is 5.30 Å². The number of benzene rings is 1. The van der Waals surface area contributed by atoms with E-state index in [0.717, 1.165) is 0 Å². The van der Waals surface area contributed by atoms with Crippen molar-refractivity contribution >= 4 is 44.2 Å². The molecule has 18 heavy (non-hydrogen) atoms. The largest absolute Gasteiger partial charge is 0.469 e. The highest BCUT2D eigenvalue weighted by molar-refractivity contribution is 8.51. The van der Waals surface area contributed by atoms with E-state index in [1.807, 2.05) is 18.2 Å². The Morgan fingerprint density at radius 3 is 2.28 bits per heavy atom. The molecular weight excluding hydrogens is 281 g/mol. The second-order valence-corrected chi connectivity index (χ2v) is 18.3. The lowest BCUT2D eigenvalue weighted by Gasteiger charge is -2.18. The molecule has 1 unspecified atom stereocenters. The maximum atomic E-state index is 11.8. The Morgan fingerprint density at radius 1 is 1.33 bits per heavy atom. The van der Waals surface area contributed by atoms with Crippen LogP contribution in [0.5, 0.6) is 0 Å². The number of carbonyl (C=O) groups excluding carboxylic acids is 1. The van der Waals surface area contributed by atoms with Gasteiger partial charge < -0.3 is 4.74 Å². The van der Waals surface area contributed by atoms with Crippen LogP contribution in [0.3, 0.4) is 0 Å². The minimum Gasteiger partial charge on any atom is -0.469 e. The maximum Gasteiger partial charge on any atom is 0.314 e. The number of ether oxygens (including phenoxy) is 1. The molecule has 0 radical (unpaired) electrons. The third kappa shape index (κ3) is 3.07. The number of methoxy groups -OCH3 is 1. The first-order valence-electron chi connectivity index (χ1n) is 5.55. The van der Waals surface area contributed by atoms with Crippen molar-refractivity contribution in [2.24, 2.45) is 0 Å². The van der Waals surface area contributed by atoms with Gasteiger partial charge >= 0.3 is 5.97 Å². The van der Waals surface area contributed by atoms with Crippen LogP contribution in [-0.4, -0.2) is 45.2 Å². The average molecular weight is 301 g/mol. The summed E-state index contributed by atoms with van der Waals surface area (Å²) < 4.78 is 4.88. The molecule has 0 bridgehead atoms. The van der Waals surface area contributed by atoms with Crippen molar-refractivity contribution in [1.29, 1.82) is 0 Å². The highest BCUT2D eigenvalue weighted by Gasteiger charge is 2.32. The van der Waals surface area contributed by atoms with E-state index in [0.29, 0.717) is 6.16 Å². The van der Waals surface area contributed by atoms with E-state index in [9.17, 15) is 4.79 Å². The van der Waals surface area contributed by atoms with E-state index in [4.69, 9.17) is 4.74 Å². The Balaban J connectivity index is 3.54. The first-order chi connectivity index (χ1) is 8.45. The highest BCUT2D eigenvalue weighted by Crippen LogP contribution is 2.72. The fraction of sp³-hybridized carbons (Fsp3) is 0.308. The van der Waals surface area contributed by atoms with Gasteiger partial charge in [0.25, 0.3) is 0 Å². The molecule has 0 saturated heterocycles. The first kappa shape index (κ1) is 15.5. The summed E-state index contributed by atoms with van der Waals surface area (Å²) in [5.74, 6) is -0.136. The number of rotatable bonds is 4. The molecule has 0 heterocycles. The van der Waals surface area contributed by atoms with Gasteiger partial charge in [-0.1, -0.05) is 49.8 Å². The van der Waals surface area contributed by atoms with Crippen LogP contribution in [0.15, 0.2) is 30.3 Å². The summed E-state index contributed by atoms with van der Waals surface area (Å²) in [5, 5.41) is 1.27. The molecule has 0 aliphatic heterocycles. The smallest absolute Gasteiger partial charge is 0.314 e. The Labute approximate surface area is 111 Å².